The summed E-state index contributed by atoms with van der Waals surface area (Å²) in [5.74, 6) is 1.35. The fraction of sp³-hybridized carbons (Fsp3) is 0.308. The van der Waals surface area contributed by atoms with Crippen LogP contribution in [0, 0.1) is 6.92 Å². The predicted molar refractivity (Wildman–Crippen MR) is 83.4 cm³/mol. The van der Waals surface area contributed by atoms with Gasteiger partial charge in [0, 0.05) is 12.7 Å². The van der Waals surface area contributed by atoms with Crippen LogP contribution in [-0.2, 0) is 6.54 Å². The molecule has 0 amide bonds. The maximum absolute atomic E-state index is 12.1. The molecule has 20 heavy (non-hydrogen) atoms. The van der Waals surface area contributed by atoms with Crippen molar-refractivity contribution in [2.24, 2.45) is 0 Å². The molecule has 0 saturated carbocycles. The lowest BCUT2D eigenvalue weighted by atomic mass is 10.3. The number of nitrogens with zero attached hydrogens (tertiary/aromatic N) is 3. The van der Waals surface area contributed by atoms with E-state index < -0.39 is 0 Å². The monoisotopic (exact) mass is 356 g/mol. The molecule has 0 aliphatic carbocycles. The van der Waals surface area contributed by atoms with E-state index in [4.69, 9.17) is 11.6 Å². The number of hydrogen-bond donors (Lipinski definition) is 1. The zero-order valence-electron chi connectivity index (χ0n) is 11.2. The molecule has 5 nitrogen and oxygen atoms in total. The second-order valence-corrected chi connectivity index (χ2v) is 5.46. The Morgan fingerprint density at radius 2 is 2.20 bits per heavy atom. The predicted octanol–water partition coefficient (Wildman–Crippen LogP) is 2.84. The van der Waals surface area contributed by atoms with Crippen LogP contribution in [0.2, 0.25) is 5.02 Å². The first-order valence-electron chi connectivity index (χ1n) is 6.14. The fourth-order valence-corrected chi connectivity index (χ4v) is 2.24. The standard InChI is InChI=1S/C13H14BrClN4O/c1-3-16-12-5-4-10(15)11(18-12)7-19-8(2)17-6-9(14)13(19)20/h4-6H,3,7H2,1-2H3,(H,16,18). The molecular formula is C13H14BrClN4O. The molecule has 2 heterocycles. The molecule has 0 unspecified atom stereocenters. The van der Waals surface area contributed by atoms with Gasteiger partial charge in [-0.3, -0.25) is 9.36 Å². The van der Waals surface area contributed by atoms with E-state index in [0.717, 1.165) is 12.4 Å². The number of pyridine rings is 1. The van der Waals surface area contributed by atoms with Crippen LogP contribution in [0.1, 0.15) is 18.4 Å². The van der Waals surface area contributed by atoms with Crippen LogP contribution >= 0.6 is 27.5 Å². The topological polar surface area (TPSA) is 59.8 Å². The third-order valence-corrected chi connectivity index (χ3v) is 3.68. The summed E-state index contributed by atoms with van der Waals surface area (Å²) in [6.07, 6.45) is 1.50. The SMILES string of the molecule is CCNc1ccc(Cl)c(Cn2c(C)ncc(Br)c2=O)n1. The highest BCUT2D eigenvalue weighted by molar-refractivity contribution is 9.10. The molecule has 0 saturated heterocycles. The molecule has 0 radical (unpaired) electrons. The average Bonchev–Trinajstić information content (AvgIpc) is 2.43. The summed E-state index contributed by atoms with van der Waals surface area (Å²) in [5, 5.41) is 3.65. The van der Waals surface area contributed by atoms with Gasteiger partial charge < -0.3 is 5.32 Å². The number of aryl methyl sites for hydroxylation is 1. The highest BCUT2D eigenvalue weighted by Gasteiger charge is 2.10. The van der Waals surface area contributed by atoms with Gasteiger partial charge in [-0.15, -0.1) is 0 Å². The molecule has 0 aliphatic rings. The van der Waals surface area contributed by atoms with E-state index >= 15 is 0 Å². The van der Waals surface area contributed by atoms with E-state index in [-0.39, 0.29) is 12.1 Å². The minimum Gasteiger partial charge on any atom is -0.370 e. The molecule has 0 aromatic carbocycles. The summed E-state index contributed by atoms with van der Waals surface area (Å²) < 4.78 is 1.95. The molecule has 2 rings (SSSR count). The zero-order valence-corrected chi connectivity index (χ0v) is 13.5. The van der Waals surface area contributed by atoms with Crippen molar-refractivity contribution in [2.75, 3.05) is 11.9 Å². The molecule has 1 N–H and O–H groups in total. The first-order chi connectivity index (χ1) is 9.52. The van der Waals surface area contributed by atoms with Crippen LogP contribution in [0.25, 0.3) is 0 Å². The van der Waals surface area contributed by atoms with E-state index in [1.54, 1.807) is 13.0 Å². The number of halogens is 2. The van der Waals surface area contributed by atoms with Gasteiger partial charge in [-0.05, 0) is 41.9 Å². The van der Waals surface area contributed by atoms with Crippen LogP contribution in [0.4, 0.5) is 5.82 Å². The van der Waals surface area contributed by atoms with Crippen molar-refractivity contribution in [1.82, 2.24) is 14.5 Å². The number of rotatable bonds is 4. The van der Waals surface area contributed by atoms with Gasteiger partial charge in [0.1, 0.15) is 16.1 Å². The van der Waals surface area contributed by atoms with Crippen molar-refractivity contribution in [3.8, 4) is 0 Å². The summed E-state index contributed by atoms with van der Waals surface area (Å²) >= 11 is 9.34. The van der Waals surface area contributed by atoms with Crippen molar-refractivity contribution in [1.29, 1.82) is 0 Å². The first kappa shape index (κ1) is 15.0. The van der Waals surface area contributed by atoms with E-state index in [0.29, 0.717) is 21.0 Å². The van der Waals surface area contributed by atoms with Gasteiger partial charge >= 0.3 is 0 Å². The van der Waals surface area contributed by atoms with E-state index in [2.05, 4.69) is 31.2 Å². The van der Waals surface area contributed by atoms with Crippen molar-refractivity contribution < 1.29 is 0 Å². The van der Waals surface area contributed by atoms with Crippen molar-refractivity contribution >= 4 is 33.3 Å². The summed E-state index contributed by atoms with van der Waals surface area (Å²) in [4.78, 5) is 20.7. The number of anilines is 1. The van der Waals surface area contributed by atoms with Crippen LogP contribution in [0.3, 0.4) is 0 Å². The fourth-order valence-electron chi connectivity index (χ4n) is 1.76. The van der Waals surface area contributed by atoms with Gasteiger partial charge in [0.15, 0.2) is 0 Å². The minimum absolute atomic E-state index is 0.149. The Balaban J connectivity index is 2.42. The van der Waals surface area contributed by atoms with Crippen LogP contribution in [0.15, 0.2) is 27.6 Å². The second-order valence-electron chi connectivity index (χ2n) is 4.20. The molecule has 2 aromatic rings. The highest BCUT2D eigenvalue weighted by atomic mass is 79.9. The number of aromatic nitrogens is 3. The zero-order chi connectivity index (χ0) is 14.7. The van der Waals surface area contributed by atoms with Gasteiger partial charge in [0.05, 0.1) is 17.3 Å². The van der Waals surface area contributed by atoms with Gasteiger partial charge in [-0.25, -0.2) is 9.97 Å². The average molecular weight is 358 g/mol. The number of hydrogen-bond acceptors (Lipinski definition) is 4. The lowest BCUT2D eigenvalue weighted by molar-refractivity contribution is 0.682. The smallest absolute Gasteiger partial charge is 0.268 e. The largest absolute Gasteiger partial charge is 0.370 e. The van der Waals surface area contributed by atoms with Crippen molar-refractivity contribution in [2.45, 2.75) is 20.4 Å². The maximum atomic E-state index is 12.1. The minimum atomic E-state index is -0.149. The van der Waals surface area contributed by atoms with Gasteiger partial charge in [0.2, 0.25) is 0 Å². The van der Waals surface area contributed by atoms with Gasteiger partial charge in [-0.1, -0.05) is 11.6 Å². The highest BCUT2D eigenvalue weighted by Crippen LogP contribution is 2.18. The van der Waals surface area contributed by atoms with Crippen molar-refractivity contribution in [3.63, 3.8) is 0 Å². The van der Waals surface area contributed by atoms with Crippen molar-refractivity contribution in [3.05, 3.63) is 49.7 Å². The Kier molecular flexibility index (Phi) is 4.77. The van der Waals surface area contributed by atoms with Crippen LogP contribution in [-0.4, -0.2) is 21.1 Å². The summed E-state index contributed by atoms with van der Waals surface area (Å²) in [6.45, 7) is 4.82. The molecule has 2 aromatic heterocycles. The Morgan fingerprint density at radius 1 is 1.45 bits per heavy atom. The molecule has 106 valence electrons. The van der Waals surface area contributed by atoms with E-state index in [9.17, 15) is 4.79 Å². The molecular weight excluding hydrogens is 344 g/mol. The molecule has 0 atom stereocenters. The Labute approximate surface area is 130 Å². The molecule has 0 spiro atoms. The Bertz CT molecular complexity index is 687. The van der Waals surface area contributed by atoms with Gasteiger partial charge in [0.25, 0.3) is 5.56 Å². The molecule has 7 heteroatoms. The quantitative estimate of drug-likeness (QED) is 0.914. The summed E-state index contributed by atoms with van der Waals surface area (Å²) in [6, 6.07) is 3.58. The van der Waals surface area contributed by atoms with E-state index in [1.165, 1.54) is 10.8 Å². The number of nitrogens with one attached hydrogen (secondary N) is 1. The molecule has 0 aliphatic heterocycles. The second kappa shape index (κ2) is 6.37. The maximum Gasteiger partial charge on any atom is 0.268 e. The summed E-state index contributed by atoms with van der Waals surface area (Å²) in [7, 11) is 0. The Morgan fingerprint density at radius 3 is 2.90 bits per heavy atom. The Hall–Kier alpha value is -1.40. The van der Waals surface area contributed by atoms with Crippen LogP contribution < -0.4 is 10.9 Å². The molecule has 0 bridgehead atoms. The van der Waals surface area contributed by atoms with Crippen LogP contribution in [0.5, 0.6) is 0 Å². The lowest BCUT2D eigenvalue weighted by Crippen LogP contribution is -2.25. The third-order valence-electron chi connectivity index (χ3n) is 2.79. The normalized spacial score (nSPS) is 10.6. The lowest BCUT2D eigenvalue weighted by Gasteiger charge is -2.11. The van der Waals surface area contributed by atoms with E-state index in [1.807, 2.05) is 13.0 Å². The van der Waals surface area contributed by atoms with Gasteiger partial charge in [-0.2, -0.15) is 0 Å². The molecule has 0 fully saturated rings. The third kappa shape index (κ3) is 3.19. The summed E-state index contributed by atoms with van der Waals surface area (Å²) in [5.41, 5.74) is 0.486. The first-order valence-corrected chi connectivity index (χ1v) is 7.31.